The van der Waals surface area contributed by atoms with Gasteiger partial charge in [-0.05, 0) is 13.8 Å². The molecule has 0 unspecified atom stereocenters. The van der Waals surface area contributed by atoms with Gasteiger partial charge in [-0.15, -0.1) is 5.56 Å². The number of aliphatic hydroxyl groups is 1. The van der Waals surface area contributed by atoms with Gasteiger partial charge in [-0.1, -0.05) is 0 Å². The van der Waals surface area contributed by atoms with Crippen LogP contribution in [-0.2, 0) is 0 Å². The van der Waals surface area contributed by atoms with Gasteiger partial charge < -0.3 is 10.8 Å². The summed E-state index contributed by atoms with van der Waals surface area (Å²) in [6.07, 6.45) is 0. The molecule has 2 nitrogen and oxygen atoms in total. The molecule has 11 heavy (non-hydrogen) atoms. The van der Waals surface area contributed by atoms with Crippen molar-refractivity contribution >= 4 is 0 Å². The maximum atomic E-state index is 9.53. The second-order valence-electron chi connectivity index (χ2n) is 3.35. The van der Waals surface area contributed by atoms with E-state index < -0.39 is 5.60 Å². The van der Waals surface area contributed by atoms with Crippen LogP contribution >= 0.6 is 0 Å². The summed E-state index contributed by atoms with van der Waals surface area (Å²) in [6, 6.07) is 7.38. The Labute approximate surface area is 67.0 Å². The fourth-order valence-corrected chi connectivity index (χ4v) is 1.00. The summed E-state index contributed by atoms with van der Waals surface area (Å²) in [4.78, 5) is 0. The summed E-state index contributed by atoms with van der Waals surface area (Å²) in [7, 11) is 0. The first-order valence-corrected chi connectivity index (χ1v) is 3.71. The molecule has 0 heterocycles. The normalized spacial score (nSPS) is 14.9. The zero-order chi connectivity index (χ0) is 8.48. The fraction of sp³-hybridized carbons (Fsp3) is 0.444. The number of hydrogen-bond acceptors (Lipinski definition) is 2. The lowest BCUT2D eigenvalue weighted by Gasteiger charge is -2.27. The Hall–Kier alpha value is -0.730. The van der Waals surface area contributed by atoms with E-state index in [-0.39, 0.29) is 6.04 Å². The first-order chi connectivity index (χ1) is 5.02. The van der Waals surface area contributed by atoms with Crippen molar-refractivity contribution in [3.05, 3.63) is 29.8 Å². The van der Waals surface area contributed by atoms with Gasteiger partial charge in [0, 0.05) is 6.04 Å². The van der Waals surface area contributed by atoms with Crippen molar-refractivity contribution in [3.8, 4) is 0 Å². The lowest BCUT2D eigenvalue weighted by atomic mass is 9.95. The minimum Gasteiger partial charge on any atom is -0.389 e. The van der Waals surface area contributed by atoms with Gasteiger partial charge in [0.1, 0.15) is 0 Å². The zero-order valence-corrected chi connectivity index (χ0v) is 6.91. The van der Waals surface area contributed by atoms with Gasteiger partial charge in [0.25, 0.3) is 0 Å². The molecule has 0 saturated carbocycles. The Bertz CT molecular complexity index is 208. The maximum Gasteiger partial charge on any atom is 0.0763 e. The van der Waals surface area contributed by atoms with Crippen LogP contribution in [-0.4, -0.2) is 10.7 Å². The minimum absolute atomic E-state index is 0.294. The molecule has 0 fully saturated rings. The highest BCUT2D eigenvalue weighted by Gasteiger charge is 2.21. The van der Waals surface area contributed by atoms with Crippen LogP contribution in [0.15, 0.2) is 24.3 Å². The summed E-state index contributed by atoms with van der Waals surface area (Å²) < 4.78 is 0. The highest BCUT2D eigenvalue weighted by molar-refractivity contribution is 5.22. The Balaban J connectivity index is 2.78. The molecule has 0 aromatic heterocycles. The Kier molecular flexibility index (Phi) is 2.07. The first kappa shape index (κ1) is 8.37. The number of nitrogens with two attached hydrogens (primary N) is 1. The van der Waals surface area contributed by atoms with Gasteiger partial charge in [0.15, 0.2) is 0 Å². The summed E-state index contributed by atoms with van der Waals surface area (Å²) in [5, 5.41) is 9.53. The molecule has 0 aliphatic heterocycles. The third-order valence-corrected chi connectivity index (χ3v) is 1.81. The van der Waals surface area contributed by atoms with E-state index in [1.807, 2.05) is 24.3 Å². The van der Waals surface area contributed by atoms with Gasteiger partial charge >= 0.3 is 0 Å². The van der Waals surface area contributed by atoms with Gasteiger partial charge in [-0.2, -0.15) is 12.1 Å². The van der Waals surface area contributed by atoms with E-state index in [9.17, 15) is 5.11 Å². The molecule has 0 saturated heterocycles. The lowest BCUT2D eigenvalue weighted by Crippen LogP contribution is -2.34. The van der Waals surface area contributed by atoms with Crippen molar-refractivity contribution in [1.29, 1.82) is 0 Å². The average molecular weight is 152 g/mol. The molecule has 1 rings (SSSR count). The van der Waals surface area contributed by atoms with E-state index in [0.29, 0.717) is 0 Å². The second-order valence-corrected chi connectivity index (χ2v) is 3.35. The fourth-order valence-electron chi connectivity index (χ4n) is 1.00. The molecule has 1 aromatic rings. The van der Waals surface area contributed by atoms with Gasteiger partial charge in [0.05, 0.1) is 5.60 Å². The quantitative estimate of drug-likeness (QED) is 0.625. The van der Waals surface area contributed by atoms with Crippen LogP contribution in [0.25, 0.3) is 0 Å². The Morgan fingerprint density at radius 1 is 1.64 bits per heavy atom. The molecule has 3 N–H and O–H groups in total. The molecule has 62 valence electrons. The van der Waals surface area contributed by atoms with Crippen LogP contribution in [0.2, 0.25) is 0 Å². The Morgan fingerprint density at radius 3 is 2.64 bits per heavy atom. The van der Waals surface area contributed by atoms with E-state index in [1.54, 1.807) is 13.8 Å². The van der Waals surface area contributed by atoms with Crippen molar-refractivity contribution in [1.82, 2.24) is 0 Å². The van der Waals surface area contributed by atoms with Crippen LogP contribution in [0.4, 0.5) is 0 Å². The van der Waals surface area contributed by atoms with Crippen LogP contribution in [0, 0.1) is 0 Å². The van der Waals surface area contributed by atoms with Crippen molar-refractivity contribution in [2.45, 2.75) is 25.5 Å². The van der Waals surface area contributed by atoms with E-state index in [4.69, 9.17) is 5.73 Å². The molecule has 0 amide bonds. The van der Waals surface area contributed by atoms with Crippen LogP contribution in [0.5, 0.6) is 0 Å². The summed E-state index contributed by atoms with van der Waals surface area (Å²) in [5.41, 5.74) is 5.91. The van der Waals surface area contributed by atoms with E-state index in [1.165, 1.54) is 0 Å². The number of rotatable bonds is 2. The lowest BCUT2D eigenvalue weighted by molar-refractivity contribution is 0.0518. The molecule has 2 heteroatoms. The molecule has 1 atom stereocenters. The largest absolute Gasteiger partial charge is 0.389 e. The molecule has 0 aliphatic rings. The molecule has 0 bridgehead atoms. The highest BCUT2D eigenvalue weighted by Crippen LogP contribution is 2.22. The van der Waals surface area contributed by atoms with Crippen LogP contribution in [0.3, 0.4) is 0 Å². The van der Waals surface area contributed by atoms with Crippen LogP contribution in [0.1, 0.15) is 25.5 Å². The third kappa shape index (κ3) is 1.85. The molecule has 0 aliphatic carbocycles. The zero-order valence-electron chi connectivity index (χ0n) is 6.91. The van der Waals surface area contributed by atoms with Crippen molar-refractivity contribution < 1.29 is 5.11 Å². The van der Waals surface area contributed by atoms with Gasteiger partial charge in [-0.3, -0.25) is 0 Å². The van der Waals surface area contributed by atoms with E-state index >= 15 is 0 Å². The SMILES string of the molecule is CC(C)(O)[C@H](N)c1ccc[cH-]1. The second kappa shape index (κ2) is 2.72. The molecule has 0 radical (unpaired) electrons. The summed E-state index contributed by atoms with van der Waals surface area (Å²) in [5.74, 6) is 0. The summed E-state index contributed by atoms with van der Waals surface area (Å²) >= 11 is 0. The third-order valence-electron chi connectivity index (χ3n) is 1.81. The topological polar surface area (TPSA) is 46.2 Å². The monoisotopic (exact) mass is 152 g/mol. The molecule has 0 spiro atoms. The first-order valence-electron chi connectivity index (χ1n) is 3.71. The van der Waals surface area contributed by atoms with Gasteiger partial charge in [-0.25, -0.2) is 12.1 Å². The number of hydrogen-bond donors (Lipinski definition) is 2. The van der Waals surface area contributed by atoms with Gasteiger partial charge in [0.2, 0.25) is 0 Å². The molecular formula is C9H14NO-. The van der Waals surface area contributed by atoms with Crippen molar-refractivity contribution in [2.75, 3.05) is 0 Å². The predicted octanol–water partition coefficient (Wildman–Crippen LogP) is 1.18. The standard InChI is InChI=1S/C9H14NO/c1-9(2,11)8(10)7-5-3-4-6-7/h3-6,8,11H,10H2,1-2H3/q-1/t8-/m1/s1. The van der Waals surface area contributed by atoms with Crippen LogP contribution < -0.4 is 5.73 Å². The average Bonchev–Trinajstić information content (AvgIpc) is 2.34. The predicted molar refractivity (Wildman–Crippen MR) is 45.3 cm³/mol. The highest BCUT2D eigenvalue weighted by atomic mass is 16.3. The van der Waals surface area contributed by atoms with E-state index in [2.05, 4.69) is 0 Å². The van der Waals surface area contributed by atoms with Crippen molar-refractivity contribution in [2.24, 2.45) is 5.73 Å². The van der Waals surface area contributed by atoms with Crippen molar-refractivity contribution in [3.63, 3.8) is 0 Å². The van der Waals surface area contributed by atoms with E-state index in [0.717, 1.165) is 5.56 Å². The summed E-state index contributed by atoms with van der Waals surface area (Å²) in [6.45, 7) is 3.43. The Morgan fingerprint density at radius 2 is 2.27 bits per heavy atom. The minimum atomic E-state index is -0.839. The maximum absolute atomic E-state index is 9.53. The smallest absolute Gasteiger partial charge is 0.0763 e. The molecular weight excluding hydrogens is 138 g/mol. The molecule has 1 aromatic carbocycles.